The number of benzene rings is 1. The average Bonchev–Trinajstić information content (AvgIpc) is 3.19. The topological polar surface area (TPSA) is 93.5 Å². The Bertz CT molecular complexity index is 794. The summed E-state index contributed by atoms with van der Waals surface area (Å²) in [6.45, 7) is 2.39. The lowest BCUT2D eigenvalue weighted by Gasteiger charge is -2.26. The molecule has 0 spiro atoms. The molecular formula is C18H20F3N3O4. The molecule has 10 heteroatoms. The number of fused-ring (bicyclic) bond motifs is 1. The highest BCUT2D eigenvalue weighted by Crippen LogP contribution is 2.26. The molecule has 1 unspecified atom stereocenters. The number of hydrogen-bond donors (Lipinski definition) is 2. The van der Waals surface area contributed by atoms with Gasteiger partial charge in [-0.1, -0.05) is 18.2 Å². The number of halogens is 3. The Labute approximate surface area is 159 Å². The van der Waals surface area contributed by atoms with Gasteiger partial charge in [-0.15, -0.1) is 0 Å². The van der Waals surface area contributed by atoms with Crippen molar-refractivity contribution >= 4 is 11.9 Å². The first-order valence-corrected chi connectivity index (χ1v) is 8.48. The molecular weight excluding hydrogens is 379 g/mol. The van der Waals surface area contributed by atoms with E-state index in [-0.39, 0.29) is 18.1 Å². The molecule has 2 N–H and O–H groups in total. The van der Waals surface area contributed by atoms with E-state index in [9.17, 15) is 18.0 Å². The van der Waals surface area contributed by atoms with Crippen molar-refractivity contribution in [3.05, 3.63) is 48.5 Å². The van der Waals surface area contributed by atoms with Crippen LogP contribution in [0.3, 0.4) is 0 Å². The SMILES string of the molecule is CC(C(=O)NC[C@H]1CCc2ccccc2O1)n1ccnc1.O=C(O)C(F)(F)F. The number of para-hydroxylation sites is 1. The number of amides is 1. The molecule has 7 nitrogen and oxygen atoms in total. The number of carbonyl (C=O) groups excluding carboxylic acids is 1. The zero-order chi connectivity index (χ0) is 20.7. The maximum absolute atomic E-state index is 12.1. The number of nitrogens with one attached hydrogen (secondary N) is 1. The predicted octanol–water partition coefficient (Wildman–Crippen LogP) is 2.59. The van der Waals surface area contributed by atoms with Crippen molar-refractivity contribution in [1.82, 2.24) is 14.9 Å². The Balaban J connectivity index is 0.000000345. The molecule has 0 radical (unpaired) electrons. The van der Waals surface area contributed by atoms with Crippen molar-refractivity contribution in [2.24, 2.45) is 0 Å². The van der Waals surface area contributed by atoms with Gasteiger partial charge in [0.15, 0.2) is 0 Å². The minimum absolute atomic E-state index is 0.0181. The third kappa shape index (κ3) is 6.00. The second kappa shape index (κ2) is 9.25. The van der Waals surface area contributed by atoms with E-state index in [4.69, 9.17) is 14.6 Å². The Morgan fingerprint density at radius 3 is 2.68 bits per heavy atom. The van der Waals surface area contributed by atoms with Crippen molar-refractivity contribution in [3.63, 3.8) is 0 Å². The van der Waals surface area contributed by atoms with Gasteiger partial charge in [-0.2, -0.15) is 13.2 Å². The fourth-order valence-corrected chi connectivity index (χ4v) is 2.52. The summed E-state index contributed by atoms with van der Waals surface area (Å²) in [5.41, 5.74) is 1.24. The van der Waals surface area contributed by atoms with E-state index < -0.39 is 12.1 Å². The number of carboxylic acid groups (broad SMARTS) is 1. The van der Waals surface area contributed by atoms with Gasteiger partial charge in [0.25, 0.3) is 0 Å². The number of aliphatic carboxylic acids is 1. The maximum Gasteiger partial charge on any atom is 0.490 e. The molecule has 2 aromatic rings. The number of nitrogens with zero attached hydrogens (tertiary/aromatic N) is 2. The molecule has 0 saturated carbocycles. The molecule has 1 aromatic carbocycles. The Morgan fingerprint density at radius 2 is 2.07 bits per heavy atom. The minimum Gasteiger partial charge on any atom is -0.488 e. The van der Waals surface area contributed by atoms with Gasteiger partial charge in [0.05, 0.1) is 12.9 Å². The molecule has 3 rings (SSSR count). The van der Waals surface area contributed by atoms with Gasteiger partial charge in [0, 0.05) is 12.4 Å². The lowest BCUT2D eigenvalue weighted by molar-refractivity contribution is -0.192. The fraction of sp³-hybridized carbons (Fsp3) is 0.389. The Kier molecular flexibility index (Phi) is 7.02. The number of aromatic nitrogens is 2. The van der Waals surface area contributed by atoms with Gasteiger partial charge in [-0.3, -0.25) is 4.79 Å². The first kappa shape index (κ1) is 21.3. The average molecular weight is 399 g/mol. The van der Waals surface area contributed by atoms with Crippen LogP contribution >= 0.6 is 0 Å². The maximum atomic E-state index is 12.1. The number of carboxylic acids is 1. The molecule has 0 saturated heterocycles. The van der Waals surface area contributed by atoms with Gasteiger partial charge in [-0.05, 0) is 31.4 Å². The first-order valence-electron chi connectivity index (χ1n) is 8.48. The van der Waals surface area contributed by atoms with Crippen molar-refractivity contribution in [2.75, 3.05) is 6.54 Å². The quantitative estimate of drug-likeness (QED) is 0.824. The number of alkyl halides is 3. The first-order chi connectivity index (χ1) is 13.2. The van der Waals surface area contributed by atoms with E-state index in [0.717, 1.165) is 18.6 Å². The van der Waals surface area contributed by atoms with E-state index in [1.807, 2.05) is 25.1 Å². The normalized spacial score (nSPS) is 16.6. The van der Waals surface area contributed by atoms with Crippen LogP contribution in [0.5, 0.6) is 5.75 Å². The lowest BCUT2D eigenvalue weighted by atomic mass is 10.0. The number of imidazole rings is 1. The third-order valence-electron chi connectivity index (χ3n) is 4.10. The lowest BCUT2D eigenvalue weighted by Crippen LogP contribution is -2.39. The van der Waals surface area contributed by atoms with E-state index >= 15 is 0 Å². The Morgan fingerprint density at radius 1 is 1.39 bits per heavy atom. The molecule has 152 valence electrons. The van der Waals surface area contributed by atoms with Crippen LogP contribution in [-0.2, 0) is 16.0 Å². The second-order valence-corrected chi connectivity index (χ2v) is 6.12. The van der Waals surface area contributed by atoms with Gasteiger partial charge < -0.3 is 19.7 Å². The van der Waals surface area contributed by atoms with Crippen LogP contribution in [0.1, 0.15) is 24.9 Å². The zero-order valence-corrected chi connectivity index (χ0v) is 15.0. The summed E-state index contributed by atoms with van der Waals surface area (Å²) in [5, 5.41) is 10.1. The number of rotatable bonds is 4. The molecule has 28 heavy (non-hydrogen) atoms. The van der Waals surface area contributed by atoms with Crippen LogP contribution in [0.4, 0.5) is 13.2 Å². The van der Waals surface area contributed by atoms with Crippen LogP contribution in [0.15, 0.2) is 43.0 Å². The number of ether oxygens (including phenoxy) is 1. The highest BCUT2D eigenvalue weighted by Gasteiger charge is 2.38. The highest BCUT2D eigenvalue weighted by atomic mass is 19.4. The van der Waals surface area contributed by atoms with E-state index in [2.05, 4.69) is 16.4 Å². The predicted molar refractivity (Wildman–Crippen MR) is 92.8 cm³/mol. The highest BCUT2D eigenvalue weighted by molar-refractivity contribution is 5.79. The third-order valence-corrected chi connectivity index (χ3v) is 4.10. The van der Waals surface area contributed by atoms with Gasteiger partial charge in [0.1, 0.15) is 17.9 Å². The summed E-state index contributed by atoms with van der Waals surface area (Å²) >= 11 is 0. The molecule has 2 heterocycles. The summed E-state index contributed by atoms with van der Waals surface area (Å²) in [6.07, 6.45) is 1.99. The second-order valence-electron chi connectivity index (χ2n) is 6.12. The molecule has 2 atom stereocenters. The van der Waals surface area contributed by atoms with Crippen LogP contribution < -0.4 is 10.1 Å². The fourth-order valence-electron chi connectivity index (χ4n) is 2.52. The van der Waals surface area contributed by atoms with Gasteiger partial charge >= 0.3 is 12.1 Å². The zero-order valence-electron chi connectivity index (χ0n) is 15.0. The summed E-state index contributed by atoms with van der Waals surface area (Å²) in [6, 6.07) is 7.81. The van der Waals surface area contributed by atoms with Crippen LogP contribution in [0.25, 0.3) is 0 Å². The summed E-state index contributed by atoms with van der Waals surface area (Å²) in [5.74, 6) is -1.84. The van der Waals surface area contributed by atoms with Crippen molar-refractivity contribution in [1.29, 1.82) is 0 Å². The molecule has 1 aliphatic heterocycles. The molecule has 1 amide bonds. The van der Waals surface area contributed by atoms with Crippen molar-refractivity contribution in [2.45, 2.75) is 38.1 Å². The summed E-state index contributed by atoms with van der Waals surface area (Å²) < 4.78 is 39.4. The van der Waals surface area contributed by atoms with Crippen molar-refractivity contribution in [3.8, 4) is 5.75 Å². The minimum atomic E-state index is -5.08. The molecule has 1 aliphatic rings. The monoisotopic (exact) mass is 399 g/mol. The molecule has 1 aromatic heterocycles. The number of aryl methyl sites for hydroxylation is 1. The van der Waals surface area contributed by atoms with Crippen LogP contribution in [0.2, 0.25) is 0 Å². The van der Waals surface area contributed by atoms with E-state index in [1.54, 1.807) is 23.3 Å². The number of carbonyl (C=O) groups is 2. The standard InChI is InChI=1S/C16H19N3O2.C2HF3O2/c1-12(19-9-8-17-11-19)16(20)18-10-14-7-6-13-4-2-3-5-15(13)21-14;3-2(4,5)1(6)7/h2-5,8-9,11-12,14H,6-7,10H2,1H3,(H,18,20);(H,6,7)/t12?,14-;/m1./s1. The van der Waals surface area contributed by atoms with Gasteiger partial charge in [-0.25, -0.2) is 9.78 Å². The van der Waals surface area contributed by atoms with E-state index in [1.165, 1.54) is 5.56 Å². The molecule has 0 fully saturated rings. The van der Waals surface area contributed by atoms with Crippen LogP contribution in [-0.4, -0.2) is 45.4 Å². The van der Waals surface area contributed by atoms with E-state index in [0.29, 0.717) is 6.54 Å². The largest absolute Gasteiger partial charge is 0.490 e. The Hall–Kier alpha value is -3.04. The smallest absolute Gasteiger partial charge is 0.488 e. The van der Waals surface area contributed by atoms with Crippen LogP contribution in [0, 0.1) is 0 Å². The van der Waals surface area contributed by atoms with Crippen molar-refractivity contribution < 1.29 is 32.6 Å². The number of hydrogen-bond acceptors (Lipinski definition) is 4. The summed E-state index contributed by atoms with van der Waals surface area (Å²) in [4.78, 5) is 25.0. The molecule has 0 bridgehead atoms. The van der Waals surface area contributed by atoms with Gasteiger partial charge in [0.2, 0.25) is 5.91 Å². The summed E-state index contributed by atoms with van der Waals surface area (Å²) in [7, 11) is 0. The molecule has 0 aliphatic carbocycles.